The van der Waals surface area contributed by atoms with Crippen LogP contribution in [0.3, 0.4) is 0 Å². The maximum atomic E-state index is 6.11. The summed E-state index contributed by atoms with van der Waals surface area (Å²) in [6.07, 6.45) is 0.744. The summed E-state index contributed by atoms with van der Waals surface area (Å²) in [5.41, 5.74) is 8.81. The summed E-state index contributed by atoms with van der Waals surface area (Å²) in [5, 5.41) is 0.383. The SMILES string of the molecule is CC(C)(C)c1ccc(CC(N)c2ccc(Cl)o2)cc1. The molecule has 1 atom stereocenters. The molecule has 0 saturated heterocycles. The first-order valence-electron chi connectivity index (χ1n) is 6.46. The van der Waals surface area contributed by atoms with Gasteiger partial charge in [-0.05, 0) is 46.7 Å². The maximum Gasteiger partial charge on any atom is 0.193 e. The molecule has 1 unspecified atom stereocenters. The van der Waals surface area contributed by atoms with Gasteiger partial charge >= 0.3 is 0 Å². The van der Waals surface area contributed by atoms with E-state index < -0.39 is 0 Å². The van der Waals surface area contributed by atoms with E-state index in [0.717, 1.165) is 12.2 Å². The Kier molecular flexibility index (Phi) is 4.02. The molecule has 2 rings (SSSR count). The summed E-state index contributed by atoms with van der Waals surface area (Å²) in [6.45, 7) is 6.62. The first kappa shape index (κ1) is 14.2. The molecule has 2 nitrogen and oxygen atoms in total. The Morgan fingerprint density at radius 3 is 2.21 bits per heavy atom. The fourth-order valence-electron chi connectivity index (χ4n) is 2.02. The van der Waals surface area contributed by atoms with Gasteiger partial charge in [0.2, 0.25) is 0 Å². The molecule has 0 fully saturated rings. The van der Waals surface area contributed by atoms with Crippen molar-refractivity contribution in [1.29, 1.82) is 0 Å². The fourth-order valence-corrected chi connectivity index (χ4v) is 2.17. The zero-order chi connectivity index (χ0) is 14.0. The van der Waals surface area contributed by atoms with E-state index in [-0.39, 0.29) is 11.5 Å². The molecular weight excluding hydrogens is 258 g/mol. The molecule has 1 aromatic carbocycles. The van der Waals surface area contributed by atoms with Crippen LogP contribution < -0.4 is 5.73 Å². The normalized spacial score (nSPS) is 13.5. The fraction of sp³-hybridized carbons (Fsp3) is 0.375. The van der Waals surface area contributed by atoms with Crippen molar-refractivity contribution >= 4 is 11.6 Å². The van der Waals surface area contributed by atoms with Gasteiger partial charge in [-0.2, -0.15) is 0 Å². The van der Waals surface area contributed by atoms with Crippen LogP contribution in [0.5, 0.6) is 0 Å². The van der Waals surface area contributed by atoms with Crippen molar-refractivity contribution in [3.63, 3.8) is 0 Å². The average Bonchev–Trinajstić information content (AvgIpc) is 2.75. The zero-order valence-electron chi connectivity index (χ0n) is 11.6. The highest BCUT2D eigenvalue weighted by molar-refractivity contribution is 6.28. The lowest BCUT2D eigenvalue weighted by Gasteiger charge is -2.19. The predicted octanol–water partition coefficient (Wildman–Crippen LogP) is 4.47. The maximum absolute atomic E-state index is 6.11. The van der Waals surface area contributed by atoms with E-state index in [1.807, 2.05) is 6.07 Å². The van der Waals surface area contributed by atoms with Crippen LogP contribution in [0.2, 0.25) is 5.22 Å². The third kappa shape index (κ3) is 3.62. The van der Waals surface area contributed by atoms with Gasteiger partial charge in [-0.25, -0.2) is 0 Å². The van der Waals surface area contributed by atoms with Gasteiger partial charge in [-0.15, -0.1) is 0 Å². The molecule has 2 aromatic rings. The van der Waals surface area contributed by atoms with E-state index in [9.17, 15) is 0 Å². The van der Waals surface area contributed by atoms with Gasteiger partial charge in [0.25, 0.3) is 0 Å². The molecular formula is C16H20ClNO. The molecule has 0 aliphatic rings. The quantitative estimate of drug-likeness (QED) is 0.899. The molecule has 3 heteroatoms. The summed E-state index contributed by atoms with van der Waals surface area (Å²) in [7, 11) is 0. The minimum Gasteiger partial charge on any atom is -0.448 e. The molecule has 1 aromatic heterocycles. The summed E-state index contributed by atoms with van der Waals surface area (Å²) < 4.78 is 5.34. The highest BCUT2D eigenvalue weighted by Gasteiger charge is 2.14. The average molecular weight is 278 g/mol. The number of hydrogen-bond donors (Lipinski definition) is 1. The first-order valence-corrected chi connectivity index (χ1v) is 6.84. The summed E-state index contributed by atoms with van der Waals surface area (Å²) in [5.74, 6) is 0.727. The molecule has 0 bridgehead atoms. The molecule has 102 valence electrons. The molecule has 0 amide bonds. The zero-order valence-corrected chi connectivity index (χ0v) is 12.4. The lowest BCUT2D eigenvalue weighted by molar-refractivity contribution is 0.466. The molecule has 0 aliphatic heterocycles. The van der Waals surface area contributed by atoms with E-state index in [1.54, 1.807) is 6.07 Å². The topological polar surface area (TPSA) is 39.2 Å². The summed E-state index contributed by atoms with van der Waals surface area (Å²) in [4.78, 5) is 0. The molecule has 0 radical (unpaired) electrons. The van der Waals surface area contributed by atoms with Crippen LogP contribution in [0, 0.1) is 0 Å². The molecule has 19 heavy (non-hydrogen) atoms. The van der Waals surface area contributed by atoms with Gasteiger partial charge in [0, 0.05) is 0 Å². The second-order valence-electron chi connectivity index (χ2n) is 5.90. The van der Waals surface area contributed by atoms with E-state index in [4.69, 9.17) is 21.8 Å². The largest absolute Gasteiger partial charge is 0.448 e. The molecule has 1 heterocycles. The van der Waals surface area contributed by atoms with E-state index in [1.165, 1.54) is 11.1 Å². The third-order valence-corrected chi connectivity index (χ3v) is 3.44. The summed E-state index contributed by atoms with van der Waals surface area (Å²) in [6, 6.07) is 12.0. The lowest BCUT2D eigenvalue weighted by Crippen LogP contribution is -2.13. The van der Waals surface area contributed by atoms with Crippen molar-refractivity contribution in [2.24, 2.45) is 5.73 Å². The van der Waals surface area contributed by atoms with Crippen LogP contribution in [0.1, 0.15) is 43.7 Å². The highest BCUT2D eigenvalue weighted by atomic mass is 35.5. The van der Waals surface area contributed by atoms with Crippen molar-refractivity contribution in [2.75, 3.05) is 0 Å². The Bertz CT molecular complexity index is 537. The minimum absolute atomic E-state index is 0.159. The van der Waals surface area contributed by atoms with Crippen molar-refractivity contribution in [3.8, 4) is 0 Å². The number of furan rings is 1. The smallest absolute Gasteiger partial charge is 0.193 e. The minimum atomic E-state index is -0.159. The van der Waals surface area contributed by atoms with Crippen LogP contribution >= 0.6 is 11.6 Å². The Morgan fingerprint density at radius 2 is 1.74 bits per heavy atom. The van der Waals surface area contributed by atoms with E-state index in [2.05, 4.69) is 45.0 Å². The van der Waals surface area contributed by atoms with Gasteiger partial charge in [0.05, 0.1) is 6.04 Å². The Labute approximate surface area is 119 Å². The van der Waals surface area contributed by atoms with Crippen LogP contribution in [0.4, 0.5) is 0 Å². The predicted molar refractivity (Wildman–Crippen MR) is 79.5 cm³/mol. The summed E-state index contributed by atoms with van der Waals surface area (Å²) >= 11 is 5.76. The van der Waals surface area contributed by atoms with Crippen LogP contribution in [0.15, 0.2) is 40.8 Å². The van der Waals surface area contributed by atoms with Crippen molar-refractivity contribution in [3.05, 3.63) is 58.5 Å². The Morgan fingerprint density at radius 1 is 1.11 bits per heavy atom. The van der Waals surface area contributed by atoms with Crippen molar-refractivity contribution in [2.45, 2.75) is 38.6 Å². The first-order chi connectivity index (χ1) is 8.86. The molecule has 0 saturated carbocycles. The van der Waals surface area contributed by atoms with Crippen LogP contribution in [0.25, 0.3) is 0 Å². The van der Waals surface area contributed by atoms with Gasteiger partial charge < -0.3 is 10.2 Å². The molecule has 2 N–H and O–H groups in total. The van der Waals surface area contributed by atoms with Gasteiger partial charge in [0.15, 0.2) is 5.22 Å². The van der Waals surface area contributed by atoms with Crippen LogP contribution in [-0.4, -0.2) is 0 Å². The Balaban J connectivity index is 2.07. The number of hydrogen-bond acceptors (Lipinski definition) is 2. The van der Waals surface area contributed by atoms with Gasteiger partial charge in [-0.1, -0.05) is 45.0 Å². The van der Waals surface area contributed by atoms with Crippen LogP contribution in [-0.2, 0) is 11.8 Å². The third-order valence-electron chi connectivity index (χ3n) is 3.24. The van der Waals surface area contributed by atoms with Crippen molar-refractivity contribution in [1.82, 2.24) is 0 Å². The molecule has 0 spiro atoms. The monoisotopic (exact) mass is 277 g/mol. The number of benzene rings is 1. The number of nitrogens with two attached hydrogens (primary N) is 1. The number of rotatable bonds is 3. The second-order valence-corrected chi connectivity index (χ2v) is 6.27. The standard InChI is InChI=1S/C16H20ClNO/c1-16(2,3)12-6-4-11(5-7-12)10-13(18)14-8-9-15(17)19-14/h4-9,13H,10,18H2,1-3H3. The van der Waals surface area contributed by atoms with E-state index in [0.29, 0.717) is 5.22 Å². The lowest BCUT2D eigenvalue weighted by atomic mass is 9.86. The number of halogens is 1. The highest BCUT2D eigenvalue weighted by Crippen LogP contribution is 2.24. The second kappa shape index (κ2) is 5.40. The van der Waals surface area contributed by atoms with E-state index >= 15 is 0 Å². The van der Waals surface area contributed by atoms with Crippen molar-refractivity contribution < 1.29 is 4.42 Å². The van der Waals surface area contributed by atoms with Gasteiger partial charge in [-0.3, -0.25) is 0 Å². The molecule has 0 aliphatic carbocycles. The Hall–Kier alpha value is -1.25. The van der Waals surface area contributed by atoms with Gasteiger partial charge in [0.1, 0.15) is 5.76 Å².